The zero-order valence-electron chi connectivity index (χ0n) is 9.49. The van der Waals surface area contributed by atoms with Crippen molar-refractivity contribution in [2.24, 2.45) is 0 Å². The second kappa shape index (κ2) is 4.66. The van der Waals surface area contributed by atoms with E-state index in [1.165, 1.54) is 12.1 Å². The molecule has 0 radical (unpaired) electrons. The van der Waals surface area contributed by atoms with E-state index in [-0.39, 0.29) is 16.9 Å². The molecule has 18 heavy (non-hydrogen) atoms. The highest BCUT2D eigenvalue weighted by Crippen LogP contribution is 2.28. The molecule has 0 saturated carbocycles. The highest BCUT2D eigenvalue weighted by Gasteiger charge is 2.23. The van der Waals surface area contributed by atoms with E-state index in [1.807, 2.05) is 0 Å². The summed E-state index contributed by atoms with van der Waals surface area (Å²) in [5.74, 6) is 0.566. The highest BCUT2D eigenvalue weighted by molar-refractivity contribution is 6.33. The normalized spacial score (nSPS) is 19.3. The fourth-order valence-corrected chi connectivity index (χ4v) is 2.30. The molecule has 1 aliphatic rings. The van der Waals surface area contributed by atoms with Crippen LogP contribution in [0.5, 0.6) is 0 Å². The third-order valence-electron chi connectivity index (χ3n) is 2.97. The lowest BCUT2D eigenvalue weighted by molar-refractivity contribution is 0.345. The molecule has 94 valence electrons. The summed E-state index contributed by atoms with van der Waals surface area (Å²) in [5, 5.41) is 7.44. The average Bonchev–Trinajstić information content (AvgIpc) is 2.99. The Morgan fingerprint density at radius 1 is 1.44 bits per heavy atom. The molecule has 1 fully saturated rings. The van der Waals surface area contributed by atoms with Gasteiger partial charge in [-0.3, -0.25) is 0 Å². The Labute approximate surface area is 108 Å². The molecule has 1 aliphatic heterocycles. The monoisotopic (exact) mass is 267 g/mol. The number of aromatic nitrogens is 2. The van der Waals surface area contributed by atoms with Crippen molar-refractivity contribution < 1.29 is 8.91 Å². The molecule has 1 atom stereocenters. The summed E-state index contributed by atoms with van der Waals surface area (Å²) in [7, 11) is 0. The van der Waals surface area contributed by atoms with Crippen LogP contribution in [0.2, 0.25) is 5.02 Å². The number of hydrogen-bond donors (Lipinski definition) is 1. The van der Waals surface area contributed by atoms with Crippen LogP contribution in [0.4, 0.5) is 4.39 Å². The van der Waals surface area contributed by atoms with E-state index in [4.69, 9.17) is 16.1 Å². The summed E-state index contributed by atoms with van der Waals surface area (Å²) in [4.78, 5) is 4.31. The van der Waals surface area contributed by atoms with Crippen LogP contribution in [0.15, 0.2) is 22.7 Å². The molecule has 4 nitrogen and oxygen atoms in total. The molecule has 2 heterocycles. The van der Waals surface area contributed by atoms with E-state index in [1.54, 1.807) is 6.07 Å². The molecule has 1 aromatic heterocycles. The molecular weight excluding hydrogens is 257 g/mol. The quantitative estimate of drug-likeness (QED) is 0.909. The number of benzene rings is 1. The van der Waals surface area contributed by atoms with Crippen LogP contribution >= 0.6 is 11.6 Å². The van der Waals surface area contributed by atoms with Gasteiger partial charge in [-0.25, -0.2) is 4.39 Å². The largest absolute Gasteiger partial charge is 0.337 e. The first-order chi connectivity index (χ1) is 8.74. The summed E-state index contributed by atoms with van der Waals surface area (Å²) in [6, 6.07) is 4.23. The molecule has 3 rings (SSSR count). The number of halogens is 2. The molecule has 6 heteroatoms. The Kier molecular flexibility index (Phi) is 3.01. The van der Waals surface area contributed by atoms with Gasteiger partial charge in [-0.15, -0.1) is 0 Å². The molecule has 1 saturated heterocycles. The van der Waals surface area contributed by atoms with E-state index < -0.39 is 0 Å². The van der Waals surface area contributed by atoms with Crippen LogP contribution < -0.4 is 5.32 Å². The van der Waals surface area contributed by atoms with Gasteiger partial charge in [-0.2, -0.15) is 4.98 Å². The van der Waals surface area contributed by atoms with Gasteiger partial charge in [-0.1, -0.05) is 16.8 Å². The molecular formula is C12H11ClFN3O. The van der Waals surface area contributed by atoms with Crippen molar-refractivity contribution in [3.8, 4) is 11.4 Å². The predicted octanol–water partition coefficient (Wildman–Crippen LogP) is 2.95. The number of rotatable bonds is 2. The van der Waals surface area contributed by atoms with Gasteiger partial charge in [0.2, 0.25) is 11.7 Å². The summed E-state index contributed by atoms with van der Waals surface area (Å²) >= 11 is 5.96. The number of nitrogens with zero attached hydrogens (tertiary/aromatic N) is 2. The number of hydrogen-bond acceptors (Lipinski definition) is 4. The van der Waals surface area contributed by atoms with Gasteiger partial charge in [0, 0.05) is 5.56 Å². The Morgan fingerprint density at radius 2 is 2.33 bits per heavy atom. The summed E-state index contributed by atoms with van der Waals surface area (Å²) < 4.78 is 18.2. The topological polar surface area (TPSA) is 51.0 Å². The minimum atomic E-state index is -0.384. The lowest BCUT2D eigenvalue weighted by Crippen LogP contribution is -2.12. The first-order valence-electron chi connectivity index (χ1n) is 5.76. The lowest BCUT2D eigenvalue weighted by atomic mass is 10.2. The van der Waals surface area contributed by atoms with Gasteiger partial charge in [0.15, 0.2) is 0 Å². The standard InChI is InChI=1S/C12H11ClFN3O/c13-9-6-7(14)3-4-8(9)11-16-12(18-17-11)10-2-1-5-15-10/h3-4,6,10,15H,1-2,5H2. The van der Waals surface area contributed by atoms with Gasteiger partial charge in [-0.05, 0) is 37.6 Å². The zero-order chi connectivity index (χ0) is 12.5. The fourth-order valence-electron chi connectivity index (χ4n) is 2.05. The predicted molar refractivity (Wildman–Crippen MR) is 64.7 cm³/mol. The van der Waals surface area contributed by atoms with Crippen molar-refractivity contribution in [1.82, 2.24) is 15.5 Å². The third-order valence-corrected chi connectivity index (χ3v) is 3.28. The lowest BCUT2D eigenvalue weighted by Gasteiger charge is -2.01. The maximum Gasteiger partial charge on any atom is 0.244 e. The first kappa shape index (κ1) is 11.6. The van der Waals surface area contributed by atoms with E-state index in [2.05, 4.69) is 15.5 Å². The second-order valence-electron chi connectivity index (χ2n) is 4.23. The van der Waals surface area contributed by atoms with Gasteiger partial charge in [0.25, 0.3) is 0 Å². The Hall–Kier alpha value is -1.46. The maximum atomic E-state index is 13.0. The van der Waals surface area contributed by atoms with Crippen LogP contribution in [-0.4, -0.2) is 16.7 Å². The molecule has 0 bridgehead atoms. The smallest absolute Gasteiger partial charge is 0.244 e. The van der Waals surface area contributed by atoms with Crippen molar-refractivity contribution in [1.29, 1.82) is 0 Å². The van der Waals surface area contributed by atoms with E-state index in [0.717, 1.165) is 19.4 Å². The van der Waals surface area contributed by atoms with Crippen LogP contribution in [0, 0.1) is 5.82 Å². The van der Waals surface area contributed by atoms with Gasteiger partial charge < -0.3 is 9.84 Å². The maximum absolute atomic E-state index is 13.0. The van der Waals surface area contributed by atoms with Crippen molar-refractivity contribution in [3.63, 3.8) is 0 Å². The van der Waals surface area contributed by atoms with Crippen LogP contribution in [-0.2, 0) is 0 Å². The fraction of sp³-hybridized carbons (Fsp3) is 0.333. The summed E-state index contributed by atoms with van der Waals surface area (Å²) in [6.45, 7) is 0.958. The van der Waals surface area contributed by atoms with Crippen molar-refractivity contribution in [2.75, 3.05) is 6.54 Å². The van der Waals surface area contributed by atoms with E-state index >= 15 is 0 Å². The molecule has 1 unspecified atom stereocenters. The molecule has 1 N–H and O–H groups in total. The minimum absolute atomic E-state index is 0.116. The van der Waals surface area contributed by atoms with Crippen LogP contribution in [0.3, 0.4) is 0 Å². The van der Waals surface area contributed by atoms with Gasteiger partial charge in [0.1, 0.15) is 5.82 Å². The third kappa shape index (κ3) is 2.11. The molecule has 0 aliphatic carbocycles. The zero-order valence-corrected chi connectivity index (χ0v) is 10.2. The molecule has 0 amide bonds. The van der Waals surface area contributed by atoms with Crippen LogP contribution in [0.25, 0.3) is 11.4 Å². The van der Waals surface area contributed by atoms with Crippen LogP contribution in [0.1, 0.15) is 24.8 Å². The van der Waals surface area contributed by atoms with Crippen molar-refractivity contribution in [2.45, 2.75) is 18.9 Å². The van der Waals surface area contributed by atoms with Gasteiger partial charge in [0.05, 0.1) is 11.1 Å². The molecule has 1 aromatic carbocycles. The summed E-state index contributed by atoms with van der Waals surface area (Å²) in [5.41, 5.74) is 0.575. The molecule has 0 spiro atoms. The average molecular weight is 268 g/mol. The first-order valence-corrected chi connectivity index (χ1v) is 6.14. The Balaban J connectivity index is 1.92. The molecule has 2 aromatic rings. The Morgan fingerprint density at radius 3 is 3.06 bits per heavy atom. The van der Waals surface area contributed by atoms with Gasteiger partial charge >= 0.3 is 0 Å². The SMILES string of the molecule is Fc1ccc(-c2noc(C3CCCN3)n2)c(Cl)c1. The minimum Gasteiger partial charge on any atom is -0.337 e. The Bertz CT molecular complexity index is 566. The number of nitrogens with one attached hydrogen (secondary N) is 1. The van der Waals surface area contributed by atoms with Crippen molar-refractivity contribution in [3.05, 3.63) is 34.9 Å². The highest BCUT2D eigenvalue weighted by atomic mass is 35.5. The van der Waals surface area contributed by atoms with E-state index in [0.29, 0.717) is 17.3 Å². The second-order valence-corrected chi connectivity index (χ2v) is 4.64. The van der Waals surface area contributed by atoms with E-state index in [9.17, 15) is 4.39 Å². The summed E-state index contributed by atoms with van der Waals surface area (Å²) in [6.07, 6.45) is 2.08. The van der Waals surface area contributed by atoms with Crippen molar-refractivity contribution >= 4 is 11.6 Å².